The van der Waals surface area contributed by atoms with Gasteiger partial charge in [0, 0.05) is 5.56 Å². The molecule has 4 rings (SSSR count). The molecule has 9 heteroatoms. The van der Waals surface area contributed by atoms with Crippen LogP contribution in [0.25, 0.3) is 22.5 Å². The second-order valence-corrected chi connectivity index (χ2v) is 7.22. The number of rotatable bonds is 5. The zero-order valence-electron chi connectivity index (χ0n) is 16.1. The summed E-state index contributed by atoms with van der Waals surface area (Å²) < 4.78 is 10.6. The van der Waals surface area contributed by atoms with E-state index in [0.717, 1.165) is 22.9 Å². The maximum Gasteiger partial charge on any atom is 0.329 e. The summed E-state index contributed by atoms with van der Waals surface area (Å²) in [4.78, 5) is 21.2. The summed E-state index contributed by atoms with van der Waals surface area (Å²) >= 11 is 1.05. The first-order valence-electron chi connectivity index (χ1n) is 8.92. The van der Waals surface area contributed by atoms with E-state index >= 15 is 0 Å². The Labute approximate surface area is 175 Å². The van der Waals surface area contributed by atoms with Gasteiger partial charge in [0.15, 0.2) is 5.92 Å². The van der Waals surface area contributed by atoms with Crippen molar-refractivity contribution in [3.8, 4) is 17.5 Å². The van der Waals surface area contributed by atoms with Crippen molar-refractivity contribution in [3.05, 3.63) is 59.8 Å². The summed E-state index contributed by atoms with van der Waals surface area (Å²) in [6, 6.07) is 16.8. The minimum absolute atomic E-state index is 0.184. The van der Waals surface area contributed by atoms with Gasteiger partial charge in [0.05, 0.1) is 24.2 Å². The van der Waals surface area contributed by atoms with Crippen LogP contribution in [0.15, 0.2) is 63.2 Å². The van der Waals surface area contributed by atoms with Gasteiger partial charge in [-0.2, -0.15) is 5.26 Å². The summed E-state index contributed by atoms with van der Waals surface area (Å²) in [5.74, 6) is -1.57. The number of carbonyl (C=O) groups is 1. The van der Waals surface area contributed by atoms with E-state index in [2.05, 4.69) is 20.2 Å². The van der Waals surface area contributed by atoms with E-state index in [1.807, 2.05) is 43.3 Å². The highest BCUT2D eigenvalue weighted by Crippen LogP contribution is 2.34. The van der Waals surface area contributed by atoms with Gasteiger partial charge >= 0.3 is 5.97 Å². The number of methoxy groups -OCH3 is 1. The molecular formula is C21H15N5O3S. The number of benzene rings is 2. The molecule has 1 unspecified atom stereocenters. The van der Waals surface area contributed by atoms with Gasteiger partial charge in [-0.1, -0.05) is 30.3 Å². The van der Waals surface area contributed by atoms with Gasteiger partial charge in [-0.3, -0.25) is 4.79 Å². The van der Waals surface area contributed by atoms with Crippen LogP contribution in [0.5, 0.6) is 0 Å². The van der Waals surface area contributed by atoms with Gasteiger partial charge in [0.2, 0.25) is 5.89 Å². The van der Waals surface area contributed by atoms with Gasteiger partial charge in [0.1, 0.15) is 10.7 Å². The van der Waals surface area contributed by atoms with Crippen molar-refractivity contribution in [2.45, 2.75) is 23.1 Å². The van der Waals surface area contributed by atoms with Crippen LogP contribution in [0.3, 0.4) is 0 Å². The van der Waals surface area contributed by atoms with Crippen LogP contribution in [0, 0.1) is 18.3 Å². The Kier molecular flexibility index (Phi) is 5.41. The lowest BCUT2D eigenvalue weighted by Gasteiger charge is -2.11. The fourth-order valence-corrected chi connectivity index (χ4v) is 3.64. The Morgan fingerprint density at radius 2 is 1.80 bits per heavy atom. The standard InChI is InChI=1S/C21H15N5O3S/c1-12-7-3-4-8-13(12)18-25-26-21(29-18)30-19-17(14(11-22)20(27)28-2)23-15-9-5-6-10-16(15)24-19/h3-10,14H,1-2H3. The SMILES string of the molecule is COC(=O)C(C#N)c1nc2ccccc2nc1Sc1nnc(-c2ccccc2C)o1. The molecule has 0 bridgehead atoms. The Hall–Kier alpha value is -3.77. The molecule has 148 valence electrons. The topological polar surface area (TPSA) is 115 Å². The summed E-state index contributed by atoms with van der Waals surface area (Å²) in [6.07, 6.45) is 0. The second-order valence-electron chi connectivity index (χ2n) is 6.28. The molecule has 8 nitrogen and oxygen atoms in total. The molecule has 0 fully saturated rings. The molecule has 0 saturated heterocycles. The molecule has 0 N–H and O–H groups in total. The number of para-hydroxylation sites is 2. The Balaban J connectivity index is 1.77. The molecule has 30 heavy (non-hydrogen) atoms. The minimum Gasteiger partial charge on any atom is -0.468 e. The van der Waals surface area contributed by atoms with Gasteiger partial charge in [0.25, 0.3) is 5.22 Å². The van der Waals surface area contributed by atoms with Crippen molar-refractivity contribution >= 4 is 28.8 Å². The van der Waals surface area contributed by atoms with Gasteiger partial charge in [-0.05, 0) is 42.4 Å². The summed E-state index contributed by atoms with van der Waals surface area (Å²) in [7, 11) is 1.22. The molecule has 2 heterocycles. The maximum atomic E-state index is 12.1. The number of aromatic nitrogens is 4. The largest absolute Gasteiger partial charge is 0.468 e. The number of aryl methyl sites for hydroxylation is 1. The van der Waals surface area contributed by atoms with Gasteiger partial charge < -0.3 is 9.15 Å². The monoisotopic (exact) mass is 417 g/mol. The van der Waals surface area contributed by atoms with Crippen molar-refractivity contribution in [1.82, 2.24) is 20.2 Å². The van der Waals surface area contributed by atoms with E-state index in [9.17, 15) is 10.1 Å². The van der Waals surface area contributed by atoms with Crippen LogP contribution in [0.1, 0.15) is 17.2 Å². The fourth-order valence-electron chi connectivity index (χ4n) is 2.86. The van der Waals surface area contributed by atoms with E-state index in [1.165, 1.54) is 7.11 Å². The Morgan fingerprint density at radius 3 is 2.50 bits per heavy atom. The Morgan fingerprint density at radius 1 is 1.10 bits per heavy atom. The predicted molar refractivity (Wildman–Crippen MR) is 109 cm³/mol. The number of esters is 1. The third-order valence-corrected chi connectivity index (χ3v) is 5.20. The van der Waals surface area contributed by atoms with E-state index in [-0.39, 0.29) is 10.9 Å². The number of nitrogens with zero attached hydrogens (tertiary/aromatic N) is 5. The third kappa shape index (κ3) is 3.73. The van der Waals surface area contributed by atoms with Crippen LogP contribution in [0.2, 0.25) is 0 Å². The highest BCUT2D eigenvalue weighted by Gasteiger charge is 2.28. The summed E-state index contributed by atoms with van der Waals surface area (Å²) in [5, 5.41) is 18.3. The van der Waals surface area contributed by atoms with Crippen molar-refractivity contribution in [2.24, 2.45) is 0 Å². The highest BCUT2D eigenvalue weighted by molar-refractivity contribution is 7.99. The molecule has 2 aromatic heterocycles. The number of fused-ring (bicyclic) bond motifs is 1. The zero-order chi connectivity index (χ0) is 21.1. The maximum absolute atomic E-state index is 12.1. The van der Waals surface area contributed by atoms with Crippen molar-refractivity contribution in [1.29, 1.82) is 5.26 Å². The van der Waals surface area contributed by atoms with Crippen LogP contribution < -0.4 is 0 Å². The molecule has 0 aliphatic heterocycles. The van der Waals surface area contributed by atoms with E-state index in [0.29, 0.717) is 22.0 Å². The fraction of sp³-hybridized carbons (Fsp3) is 0.143. The quantitative estimate of drug-likeness (QED) is 0.446. The number of ether oxygens (including phenoxy) is 1. The average Bonchev–Trinajstić information content (AvgIpc) is 3.22. The lowest BCUT2D eigenvalue weighted by molar-refractivity contribution is -0.141. The average molecular weight is 417 g/mol. The second kappa shape index (κ2) is 8.31. The smallest absolute Gasteiger partial charge is 0.329 e. The molecule has 4 aromatic rings. The molecular weight excluding hydrogens is 402 g/mol. The first-order chi connectivity index (χ1) is 14.6. The van der Waals surface area contributed by atoms with Gasteiger partial charge in [-0.25, -0.2) is 9.97 Å². The molecule has 2 aromatic carbocycles. The zero-order valence-corrected chi connectivity index (χ0v) is 16.9. The van der Waals surface area contributed by atoms with Crippen LogP contribution in [-0.4, -0.2) is 33.2 Å². The first-order valence-corrected chi connectivity index (χ1v) is 9.74. The normalized spacial score (nSPS) is 11.8. The number of hydrogen-bond acceptors (Lipinski definition) is 9. The molecule has 0 saturated carbocycles. The minimum atomic E-state index is -1.23. The van der Waals surface area contributed by atoms with Crippen molar-refractivity contribution in [3.63, 3.8) is 0 Å². The summed E-state index contributed by atoms with van der Waals surface area (Å²) in [5.41, 5.74) is 3.19. The van der Waals surface area contributed by atoms with Crippen molar-refractivity contribution in [2.75, 3.05) is 7.11 Å². The Bertz CT molecular complexity index is 1280. The molecule has 0 spiro atoms. The molecule has 0 aliphatic carbocycles. The molecule has 0 aliphatic rings. The van der Waals surface area contributed by atoms with Crippen molar-refractivity contribution < 1.29 is 13.9 Å². The van der Waals surface area contributed by atoms with Crippen LogP contribution in [-0.2, 0) is 9.53 Å². The first kappa shape index (κ1) is 19.5. The molecule has 1 atom stereocenters. The number of carbonyl (C=O) groups excluding carboxylic acids is 1. The van der Waals surface area contributed by atoms with E-state index in [4.69, 9.17) is 9.15 Å². The lowest BCUT2D eigenvalue weighted by Crippen LogP contribution is -2.15. The van der Waals surface area contributed by atoms with Gasteiger partial charge in [-0.15, -0.1) is 10.2 Å². The lowest BCUT2D eigenvalue weighted by atomic mass is 10.1. The highest BCUT2D eigenvalue weighted by atomic mass is 32.2. The van der Waals surface area contributed by atoms with E-state index in [1.54, 1.807) is 18.2 Å². The number of hydrogen-bond donors (Lipinski definition) is 0. The predicted octanol–water partition coefficient (Wildman–Crippen LogP) is 3.92. The van der Waals surface area contributed by atoms with Crippen LogP contribution in [0.4, 0.5) is 0 Å². The molecule has 0 radical (unpaired) electrons. The number of nitriles is 1. The van der Waals surface area contributed by atoms with E-state index < -0.39 is 11.9 Å². The molecule has 0 amide bonds. The van der Waals surface area contributed by atoms with Crippen LogP contribution >= 0.6 is 11.8 Å². The summed E-state index contributed by atoms with van der Waals surface area (Å²) in [6.45, 7) is 1.95. The third-order valence-electron chi connectivity index (χ3n) is 4.37.